The number of para-hydroxylation sites is 1. The van der Waals surface area contributed by atoms with Crippen LogP contribution in [0.2, 0.25) is 0 Å². The molecule has 4 nitrogen and oxygen atoms in total. The van der Waals surface area contributed by atoms with Crippen molar-refractivity contribution in [3.8, 4) is 5.75 Å². The second-order valence-electron chi connectivity index (χ2n) is 2.57. The third-order valence-electron chi connectivity index (χ3n) is 1.60. The van der Waals surface area contributed by atoms with E-state index in [-0.39, 0.29) is 0 Å². The summed E-state index contributed by atoms with van der Waals surface area (Å²) in [5.74, 6) is 0.487. The van der Waals surface area contributed by atoms with Crippen LogP contribution >= 0.6 is 0 Å². The quantitative estimate of drug-likeness (QED) is 0.716. The molecule has 0 aliphatic carbocycles. The lowest BCUT2D eigenvalue weighted by Crippen LogP contribution is -2.17. The lowest BCUT2D eigenvalue weighted by Gasteiger charge is -2.06. The first-order chi connectivity index (χ1) is 6.24. The SMILES string of the molecule is NCCc1ccccc1OC(N)=O. The summed E-state index contributed by atoms with van der Waals surface area (Å²) < 4.78 is 4.78. The highest BCUT2D eigenvalue weighted by atomic mass is 16.5. The molecule has 0 fully saturated rings. The van der Waals surface area contributed by atoms with E-state index >= 15 is 0 Å². The Morgan fingerprint density at radius 3 is 2.69 bits per heavy atom. The number of carbonyl (C=O) groups excluding carboxylic acids is 1. The normalized spacial score (nSPS) is 9.62. The summed E-state index contributed by atoms with van der Waals surface area (Å²) in [6.45, 7) is 0.513. The smallest absolute Gasteiger partial charge is 0.409 e. The molecule has 0 aliphatic rings. The number of rotatable bonds is 3. The fourth-order valence-corrected chi connectivity index (χ4v) is 1.07. The van der Waals surface area contributed by atoms with Gasteiger partial charge in [0.05, 0.1) is 0 Å². The average Bonchev–Trinajstić information content (AvgIpc) is 2.08. The Kier molecular flexibility index (Phi) is 3.28. The molecule has 0 spiro atoms. The van der Waals surface area contributed by atoms with Gasteiger partial charge in [-0.3, -0.25) is 0 Å². The molecule has 4 N–H and O–H groups in total. The van der Waals surface area contributed by atoms with E-state index in [0.717, 1.165) is 5.56 Å². The van der Waals surface area contributed by atoms with Crippen LogP contribution in [0.1, 0.15) is 5.56 Å². The maximum absolute atomic E-state index is 10.5. The molecule has 1 rings (SSSR count). The molecule has 0 unspecified atom stereocenters. The summed E-state index contributed by atoms with van der Waals surface area (Å²) in [5, 5.41) is 0. The minimum absolute atomic E-state index is 0.487. The summed E-state index contributed by atoms with van der Waals surface area (Å²) in [6, 6.07) is 7.18. The van der Waals surface area contributed by atoms with Gasteiger partial charge in [0, 0.05) is 0 Å². The monoisotopic (exact) mass is 180 g/mol. The number of nitrogens with two attached hydrogens (primary N) is 2. The van der Waals surface area contributed by atoms with Gasteiger partial charge in [-0.15, -0.1) is 0 Å². The molecule has 70 valence electrons. The molecule has 1 aromatic rings. The van der Waals surface area contributed by atoms with Crippen molar-refractivity contribution in [2.75, 3.05) is 6.54 Å². The van der Waals surface area contributed by atoms with Crippen molar-refractivity contribution in [2.24, 2.45) is 11.5 Å². The molecule has 0 aliphatic heterocycles. The van der Waals surface area contributed by atoms with Crippen molar-refractivity contribution in [3.63, 3.8) is 0 Å². The van der Waals surface area contributed by atoms with E-state index in [2.05, 4.69) is 0 Å². The van der Waals surface area contributed by atoms with Crippen molar-refractivity contribution < 1.29 is 9.53 Å². The Bertz CT molecular complexity index is 299. The summed E-state index contributed by atoms with van der Waals surface area (Å²) in [4.78, 5) is 10.5. The van der Waals surface area contributed by atoms with Crippen molar-refractivity contribution in [2.45, 2.75) is 6.42 Å². The van der Waals surface area contributed by atoms with Crippen LogP contribution in [-0.4, -0.2) is 12.6 Å². The van der Waals surface area contributed by atoms with E-state index in [4.69, 9.17) is 16.2 Å². The summed E-state index contributed by atoms with van der Waals surface area (Å²) in [5.41, 5.74) is 11.2. The van der Waals surface area contributed by atoms with Gasteiger partial charge in [-0.25, -0.2) is 4.79 Å². The molecule has 0 radical (unpaired) electrons. The van der Waals surface area contributed by atoms with Crippen LogP contribution in [-0.2, 0) is 6.42 Å². The summed E-state index contributed by atoms with van der Waals surface area (Å²) in [7, 11) is 0. The number of carbonyl (C=O) groups is 1. The Morgan fingerprint density at radius 1 is 1.38 bits per heavy atom. The van der Waals surface area contributed by atoms with Crippen LogP contribution in [0.15, 0.2) is 24.3 Å². The molecule has 0 saturated heterocycles. The molecule has 0 saturated carbocycles. The molecule has 1 amide bonds. The zero-order valence-corrected chi connectivity index (χ0v) is 7.19. The fourth-order valence-electron chi connectivity index (χ4n) is 1.07. The minimum atomic E-state index is -0.801. The van der Waals surface area contributed by atoms with Gasteiger partial charge >= 0.3 is 6.09 Å². The zero-order chi connectivity index (χ0) is 9.68. The first-order valence-corrected chi connectivity index (χ1v) is 3.99. The van der Waals surface area contributed by atoms with E-state index < -0.39 is 6.09 Å². The molecular weight excluding hydrogens is 168 g/mol. The Hall–Kier alpha value is -1.55. The predicted octanol–water partition coefficient (Wildman–Crippen LogP) is 0.645. The van der Waals surface area contributed by atoms with Crippen LogP contribution in [0.5, 0.6) is 5.75 Å². The van der Waals surface area contributed by atoms with E-state index in [1.54, 1.807) is 12.1 Å². The van der Waals surface area contributed by atoms with Crippen LogP contribution in [0, 0.1) is 0 Å². The van der Waals surface area contributed by atoms with Gasteiger partial charge in [0.15, 0.2) is 0 Å². The van der Waals surface area contributed by atoms with Gasteiger partial charge in [-0.1, -0.05) is 18.2 Å². The van der Waals surface area contributed by atoms with Crippen molar-refractivity contribution in [1.82, 2.24) is 0 Å². The van der Waals surface area contributed by atoms with E-state index in [0.29, 0.717) is 18.7 Å². The molecule has 0 aromatic heterocycles. The average molecular weight is 180 g/mol. The molecule has 0 atom stereocenters. The topological polar surface area (TPSA) is 78.3 Å². The standard InChI is InChI=1S/C9H12N2O2/c10-6-5-7-3-1-2-4-8(7)13-9(11)12/h1-4H,5-6,10H2,(H2,11,12). The maximum Gasteiger partial charge on any atom is 0.409 e. The number of hydrogen-bond acceptors (Lipinski definition) is 3. The second kappa shape index (κ2) is 4.47. The van der Waals surface area contributed by atoms with Crippen molar-refractivity contribution in [1.29, 1.82) is 0 Å². The highest BCUT2D eigenvalue weighted by molar-refractivity contribution is 5.68. The number of benzene rings is 1. The third kappa shape index (κ3) is 2.76. The summed E-state index contributed by atoms with van der Waals surface area (Å²) >= 11 is 0. The van der Waals surface area contributed by atoms with Gasteiger partial charge in [0.1, 0.15) is 5.75 Å². The lowest BCUT2D eigenvalue weighted by atomic mass is 10.1. The Morgan fingerprint density at radius 2 is 2.08 bits per heavy atom. The Balaban J connectivity index is 2.84. The van der Waals surface area contributed by atoms with Gasteiger partial charge < -0.3 is 16.2 Å². The fraction of sp³-hybridized carbons (Fsp3) is 0.222. The molecule has 13 heavy (non-hydrogen) atoms. The second-order valence-corrected chi connectivity index (χ2v) is 2.57. The van der Waals surface area contributed by atoms with Gasteiger partial charge in [0.2, 0.25) is 0 Å². The summed E-state index contributed by atoms with van der Waals surface area (Å²) in [6.07, 6.45) is -0.131. The highest BCUT2D eigenvalue weighted by Crippen LogP contribution is 2.17. The molecule has 0 bridgehead atoms. The zero-order valence-electron chi connectivity index (χ0n) is 7.19. The maximum atomic E-state index is 10.5. The molecular formula is C9H12N2O2. The van der Waals surface area contributed by atoms with Crippen LogP contribution in [0.25, 0.3) is 0 Å². The first-order valence-electron chi connectivity index (χ1n) is 3.99. The lowest BCUT2D eigenvalue weighted by molar-refractivity contribution is 0.210. The predicted molar refractivity (Wildman–Crippen MR) is 49.4 cm³/mol. The molecule has 0 heterocycles. The van der Waals surface area contributed by atoms with Crippen molar-refractivity contribution in [3.05, 3.63) is 29.8 Å². The van der Waals surface area contributed by atoms with E-state index in [9.17, 15) is 4.79 Å². The number of hydrogen-bond donors (Lipinski definition) is 2. The third-order valence-corrected chi connectivity index (χ3v) is 1.60. The first kappa shape index (κ1) is 9.54. The van der Waals surface area contributed by atoms with Gasteiger partial charge in [-0.05, 0) is 24.6 Å². The Labute approximate surface area is 76.5 Å². The van der Waals surface area contributed by atoms with Crippen molar-refractivity contribution >= 4 is 6.09 Å². The largest absolute Gasteiger partial charge is 0.410 e. The number of primary amides is 1. The van der Waals surface area contributed by atoms with Crippen LogP contribution in [0.3, 0.4) is 0 Å². The highest BCUT2D eigenvalue weighted by Gasteiger charge is 2.03. The molecule has 1 aromatic carbocycles. The number of ether oxygens (including phenoxy) is 1. The van der Waals surface area contributed by atoms with E-state index in [1.807, 2.05) is 12.1 Å². The van der Waals surface area contributed by atoms with Crippen LogP contribution < -0.4 is 16.2 Å². The van der Waals surface area contributed by atoms with Gasteiger partial charge in [0.25, 0.3) is 0 Å². The minimum Gasteiger partial charge on any atom is -0.410 e. The van der Waals surface area contributed by atoms with Gasteiger partial charge in [-0.2, -0.15) is 0 Å². The number of amides is 1. The van der Waals surface area contributed by atoms with E-state index in [1.165, 1.54) is 0 Å². The molecule has 4 heteroatoms. The van der Waals surface area contributed by atoms with Crippen LogP contribution in [0.4, 0.5) is 4.79 Å².